The van der Waals surface area contributed by atoms with Gasteiger partial charge in [0.25, 0.3) is 5.91 Å². The first-order valence-corrected chi connectivity index (χ1v) is 14.1. The summed E-state index contributed by atoms with van der Waals surface area (Å²) in [6.45, 7) is 3.17. The van der Waals surface area contributed by atoms with Crippen LogP contribution in [-0.2, 0) is 5.41 Å². The topological polar surface area (TPSA) is 129 Å². The number of nitrogens with one attached hydrogen (secondary N) is 2. The lowest BCUT2D eigenvalue weighted by Crippen LogP contribution is -2.53. The second-order valence-electron chi connectivity index (χ2n) is 11.7. The van der Waals surface area contributed by atoms with Gasteiger partial charge in [-0.3, -0.25) is 4.79 Å². The highest BCUT2D eigenvalue weighted by atomic mass is 19.4. The van der Waals surface area contributed by atoms with Gasteiger partial charge in [0.05, 0.1) is 43.8 Å². The molecular formula is C32H36F4N4O5. The van der Waals surface area contributed by atoms with Gasteiger partial charge in [-0.15, -0.1) is 0 Å². The zero-order valence-electron chi connectivity index (χ0n) is 25.2. The first kappa shape index (κ1) is 33.7. The fourth-order valence-electron chi connectivity index (χ4n) is 5.31. The SMILES string of the molecule is COc1ccc(F)cc1C(C)(C)CC(O)(CNc1cc(C)cc2c1cnn2-c1cccc(C(=O)NC[C@@H](O)CO)c1)C(F)(F)F. The number of rotatable bonds is 12. The molecule has 1 amide bonds. The molecule has 0 saturated carbocycles. The van der Waals surface area contributed by atoms with E-state index in [0.717, 1.165) is 12.1 Å². The van der Waals surface area contributed by atoms with E-state index in [4.69, 9.17) is 9.84 Å². The monoisotopic (exact) mass is 632 g/mol. The third-order valence-electron chi connectivity index (χ3n) is 7.62. The molecule has 0 aliphatic rings. The fourth-order valence-corrected chi connectivity index (χ4v) is 5.31. The van der Waals surface area contributed by atoms with Crippen LogP contribution >= 0.6 is 0 Å². The summed E-state index contributed by atoms with van der Waals surface area (Å²) in [6.07, 6.45) is -5.48. The van der Waals surface area contributed by atoms with Crippen LogP contribution in [0.5, 0.6) is 5.75 Å². The number of ether oxygens (including phenoxy) is 1. The molecule has 0 radical (unpaired) electrons. The van der Waals surface area contributed by atoms with Gasteiger partial charge in [0.15, 0.2) is 5.60 Å². The van der Waals surface area contributed by atoms with Crippen molar-refractivity contribution >= 4 is 22.5 Å². The number of aliphatic hydroxyl groups is 3. The molecular weight excluding hydrogens is 596 g/mol. The molecule has 0 saturated heterocycles. The Morgan fingerprint density at radius 1 is 1.11 bits per heavy atom. The minimum absolute atomic E-state index is 0.143. The zero-order chi connectivity index (χ0) is 33.2. The van der Waals surface area contributed by atoms with E-state index in [2.05, 4.69) is 15.7 Å². The van der Waals surface area contributed by atoms with Crippen molar-refractivity contribution in [1.29, 1.82) is 0 Å². The Balaban J connectivity index is 1.64. The number of carbonyl (C=O) groups excluding carboxylic acids is 1. The van der Waals surface area contributed by atoms with Gasteiger partial charge in [0, 0.05) is 28.7 Å². The van der Waals surface area contributed by atoms with Crippen molar-refractivity contribution in [2.75, 3.05) is 32.1 Å². The summed E-state index contributed by atoms with van der Waals surface area (Å²) < 4.78 is 64.4. The van der Waals surface area contributed by atoms with Crippen LogP contribution < -0.4 is 15.4 Å². The molecule has 13 heteroatoms. The quantitative estimate of drug-likeness (QED) is 0.144. The van der Waals surface area contributed by atoms with Gasteiger partial charge in [0.2, 0.25) is 0 Å². The number of alkyl halides is 3. The molecule has 0 bridgehead atoms. The van der Waals surface area contributed by atoms with Crippen LogP contribution in [-0.4, -0.2) is 75.7 Å². The van der Waals surface area contributed by atoms with Crippen molar-refractivity contribution in [2.24, 2.45) is 0 Å². The first-order valence-electron chi connectivity index (χ1n) is 14.1. The molecule has 1 aromatic heterocycles. The van der Waals surface area contributed by atoms with Crippen LogP contribution in [0.3, 0.4) is 0 Å². The molecule has 9 nitrogen and oxygen atoms in total. The third kappa shape index (κ3) is 7.38. The number of aromatic nitrogens is 2. The lowest BCUT2D eigenvalue weighted by Gasteiger charge is -2.38. The summed E-state index contributed by atoms with van der Waals surface area (Å²) in [4.78, 5) is 12.6. The Labute approximate surface area is 257 Å². The summed E-state index contributed by atoms with van der Waals surface area (Å²) in [5.74, 6) is -0.918. The number of amides is 1. The zero-order valence-corrected chi connectivity index (χ0v) is 25.2. The molecule has 4 aromatic rings. The number of aryl methyl sites for hydroxylation is 1. The van der Waals surface area contributed by atoms with Gasteiger partial charge in [-0.25, -0.2) is 9.07 Å². The first-order chi connectivity index (χ1) is 21.1. The number of aliphatic hydroxyl groups excluding tert-OH is 2. The maximum absolute atomic E-state index is 14.5. The molecule has 0 aliphatic heterocycles. The molecule has 4 rings (SSSR count). The van der Waals surface area contributed by atoms with Gasteiger partial charge < -0.3 is 30.7 Å². The van der Waals surface area contributed by atoms with E-state index in [-0.39, 0.29) is 23.4 Å². The largest absolute Gasteiger partial charge is 0.496 e. The number of methoxy groups -OCH3 is 1. The van der Waals surface area contributed by atoms with Crippen molar-refractivity contribution in [3.05, 3.63) is 83.3 Å². The Bertz CT molecular complexity index is 1670. The molecule has 1 unspecified atom stereocenters. The predicted octanol–water partition coefficient (Wildman–Crippen LogP) is 4.64. The highest BCUT2D eigenvalue weighted by Crippen LogP contribution is 2.44. The highest BCUT2D eigenvalue weighted by molar-refractivity contribution is 5.96. The average molecular weight is 633 g/mol. The summed E-state index contributed by atoms with van der Waals surface area (Å²) in [6, 6.07) is 13.5. The van der Waals surface area contributed by atoms with E-state index in [1.54, 1.807) is 43.3 Å². The Morgan fingerprint density at radius 2 is 1.84 bits per heavy atom. The van der Waals surface area contributed by atoms with Gasteiger partial charge in [-0.1, -0.05) is 19.9 Å². The molecule has 5 N–H and O–H groups in total. The van der Waals surface area contributed by atoms with Crippen LogP contribution in [0.4, 0.5) is 23.2 Å². The summed E-state index contributed by atoms with van der Waals surface area (Å²) in [5.41, 5.74) is -2.09. The van der Waals surface area contributed by atoms with Crippen LogP contribution in [0.25, 0.3) is 16.6 Å². The second-order valence-corrected chi connectivity index (χ2v) is 11.7. The van der Waals surface area contributed by atoms with Crippen molar-refractivity contribution in [3.8, 4) is 11.4 Å². The van der Waals surface area contributed by atoms with E-state index in [9.17, 15) is 32.6 Å². The van der Waals surface area contributed by atoms with Crippen molar-refractivity contribution in [3.63, 3.8) is 0 Å². The minimum Gasteiger partial charge on any atom is -0.496 e. The van der Waals surface area contributed by atoms with E-state index in [1.807, 2.05) is 0 Å². The summed E-state index contributed by atoms with van der Waals surface area (Å²) in [7, 11) is 1.34. The number of benzene rings is 3. The lowest BCUT2D eigenvalue weighted by molar-refractivity contribution is -0.260. The van der Waals surface area contributed by atoms with E-state index in [1.165, 1.54) is 37.9 Å². The van der Waals surface area contributed by atoms with Gasteiger partial charge in [0.1, 0.15) is 11.6 Å². The molecule has 242 valence electrons. The summed E-state index contributed by atoms with van der Waals surface area (Å²) >= 11 is 0. The van der Waals surface area contributed by atoms with Crippen LogP contribution in [0, 0.1) is 12.7 Å². The van der Waals surface area contributed by atoms with Gasteiger partial charge in [-0.2, -0.15) is 18.3 Å². The summed E-state index contributed by atoms with van der Waals surface area (Å²) in [5, 5.41) is 39.8. The van der Waals surface area contributed by atoms with E-state index in [0.29, 0.717) is 27.8 Å². The molecule has 0 fully saturated rings. The maximum Gasteiger partial charge on any atom is 0.418 e. The number of hydrogen-bond donors (Lipinski definition) is 5. The number of halogens is 4. The van der Waals surface area contributed by atoms with E-state index < -0.39 is 54.6 Å². The third-order valence-corrected chi connectivity index (χ3v) is 7.62. The number of hydrogen-bond acceptors (Lipinski definition) is 7. The Kier molecular flexibility index (Phi) is 9.76. The van der Waals surface area contributed by atoms with E-state index >= 15 is 0 Å². The van der Waals surface area contributed by atoms with Crippen LogP contribution in [0.1, 0.15) is 41.8 Å². The molecule has 2 atom stereocenters. The molecule has 1 heterocycles. The number of nitrogens with zero attached hydrogens (tertiary/aromatic N) is 2. The van der Waals surface area contributed by atoms with Crippen molar-refractivity contribution in [1.82, 2.24) is 15.1 Å². The standard InChI is InChI=1S/C32H36F4N4O5/c1-19-10-26(38-18-31(44,32(34,35)36)17-30(2,3)25-13-21(33)8-9-28(25)45-4)24-15-39-40(27(24)11-19)22-7-5-6-20(12-22)29(43)37-14-23(42)16-41/h5-13,15,23,38,41-42,44H,14,16-18H2,1-4H3,(H,37,43)/t23-,31?/m1/s1. The van der Waals surface area contributed by atoms with Crippen LogP contribution in [0.15, 0.2) is 60.8 Å². The second kappa shape index (κ2) is 13.0. The van der Waals surface area contributed by atoms with Gasteiger partial charge in [-0.05, 0) is 72.9 Å². The van der Waals surface area contributed by atoms with Crippen molar-refractivity contribution in [2.45, 2.75) is 50.5 Å². The molecule has 0 spiro atoms. The number of fused-ring (bicyclic) bond motifs is 1. The Hall–Kier alpha value is -4.20. The molecule has 45 heavy (non-hydrogen) atoms. The number of anilines is 1. The molecule has 3 aromatic carbocycles. The van der Waals surface area contributed by atoms with Crippen molar-refractivity contribution < 1.29 is 42.4 Å². The predicted molar refractivity (Wildman–Crippen MR) is 161 cm³/mol. The smallest absolute Gasteiger partial charge is 0.418 e. The average Bonchev–Trinajstić information content (AvgIpc) is 3.41. The lowest BCUT2D eigenvalue weighted by atomic mass is 9.74. The van der Waals surface area contributed by atoms with Gasteiger partial charge >= 0.3 is 6.18 Å². The van der Waals surface area contributed by atoms with Crippen LogP contribution in [0.2, 0.25) is 0 Å². The fraction of sp³-hybridized carbons (Fsp3) is 0.375. The normalized spacial score (nSPS) is 14.2. The highest BCUT2D eigenvalue weighted by Gasteiger charge is 2.56. The number of carbonyl (C=O) groups is 1. The molecule has 0 aliphatic carbocycles. The maximum atomic E-state index is 14.5. The minimum atomic E-state index is -5.04. The Morgan fingerprint density at radius 3 is 2.51 bits per heavy atom.